The van der Waals surface area contributed by atoms with Crippen molar-refractivity contribution in [2.24, 2.45) is 0 Å². The number of amides is 1. The number of carbonyl (C=O) groups excluding carboxylic acids is 1. The molecule has 1 atom stereocenters. The Balaban J connectivity index is 1.84. The molecule has 0 bridgehead atoms. The normalized spacial score (nSPS) is 19.9. The molecule has 1 amide bonds. The third-order valence-electron chi connectivity index (χ3n) is 2.92. The molecular weight excluding hydrogens is 280 g/mol. The quantitative estimate of drug-likeness (QED) is 0.894. The van der Waals surface area contributed by atoms with Crippen LogP contribution in [0.15, 0.2) is 28.7 Å². The van der Waals surface area contributed by atoms with Crippen molar-refractivity contribution in [3.63, 3.8) is 0 Å². The summed E-state index contributed by atoms with van der Waals surface area (Å²) in [4.78, 5) is 11.8. The van der Waals surface area contributed by atoms with Gasteiger partial charge in [0.1, 0.15) is 0 Å². The average Bonchev–Trinajstić information content (AvgIpc) is 2.30. The lowest BCUT2D eigenvalue weighted by atomic mass is 10.1. The van der Waals surface area contributed by atoms with Gasteiger partial charge in [-0.3, -0.25) is 4.79 Å². The Kier molecular flexibility index (Phi) is 4.57. The first kappa shape index (κ1) is 12.6. The molecule has 1 heterocycles. The predicted octanol–water partition coefficient (Wildman–Crippen LogP) is 1.86. The summed E-state index contributed by atoms with van der Waals surface area (Å²) in [5.74, 6) is 0.108. The summed E-state index contributed by atoms with van der Waals surface area (Å²) in [6, 6.07) is 8.17. The van der Waals surface area contributed by atoms with E-state index in [0.717, 1.165) is 36.0 Å². The first-order valence-corrected chi connectivity index (χ1v) is 6.78. The van der Waals surface area contributed by atoms with Gasteiger partial charge >= 0.3 is 0 Å². The number of hydrogen-bond acceptors (Lipinski definition) is 2. The van der Waals surface area contributed by atoms with E-state index in [9.17, 15) is 4.79 Å². The Bertz CT molecular complexity index is 389. The number of carbonyl (C=O) groups is 1. The highest BCUT2D eigenvalue weighted by atomic mass is 79.9. The highest BCUT2D eigenvalue weighted by molar-refractivity contribution is 9.10. The molecule has 1 aliphatic heterocycles. The summed E-state index contributed by atoms with van der Waals surface area (Å²) in [7, 11) is 0. The molecule has 0 unspecified atom stereocenters. The maximum atomic E-state index is 11.8. The van der Waals surface area contributed by atoms with Gasteiger partial charge in [-0.1, -0.05) is 28.1 Å². The minimum absolute atomic E-state index is 0.108. The summed E-state index contributed by atoms with van der Waals surface area (Å²) in [6.07, 6.45) is 2.68. The molecule has 0 spiro atoms. The van der Waals surface area contributed by atoms with E-state index >= 15 is 0 Å². The fourth-order valence-electron chi connectivity index (χ4n) is 2.09. The van der Waals surface area contributed by atoms with Crippen molar-refractivity contribution >= 4 is 21.8 Å². The minimum Gasteiger partial charge on any atom is -0.352 e. The third-order valence-corrected chi connectivity index (χ3v) is 3.41. The SMILES string of the molecule is O=C(Cc1cccc(Br)c1)N[C@@H]1CCCNC1. The molecule has 1 aromatic carbocycles. The van der Waals surface area contributed by atoms with Gasteiger partial charge in [-0.05, 0) is 37.1 Å². The Labute approximate surface area is 110 Å². The van der Waals surface area contributed by atoms with Crippen LogP contribution in [0.25, 0.3) is 0 Å². The Morgan fingerprint density at radius 1 is 1.53 bits per heavy atom. The standard InChI is InChI=1S/C13H17BrN2O/c14-11-4-1-3-10(7-11)8-13(17)16-12-5-2-6-15-9-12/h1,3-4,7,12,15H,2,5-6,8-9H2,(H,16,17)/t12-/m1/s1. The number of rotatable bonds is 3. The Morgan fingerprint density at radius 3 is 3.12 bits per heavy atom. The molecule has 1 aromatic rings. The van der Waals surface area contributed by atoms with Crippen LogP contribution in [0.4, 0.5) is 0 Å². The number of halogens is 1. The van der Waals surface area contributed by atoms with Crippen LogP contribution in [-0.2, 0) is 11.2 Å². The molecule has 0 aromatic heterocycles. The fourth-order valence-corrected chi connectivity index (χ4v) is 2.53. The Morgan fingerprint density at radius 2 is 2.41 bits per heavy atom. The zero-order valence-electron chi connectivity index (χ0n) is 9.71. The highest BCUT2D eigenvalue weighted by Crippen LogP contribution is 2.12. The van der Waals surface area contributed by atoms with Gasteiger partial charge in [0.15, 0.2) is 0 Å². The largest absolute Gasteiger partial charge is 0.352 e. The van der Waals surface area contributed by atoms with E-state index in [4.69, 9.17) is 0 Å². The molecule has 1 aliphatic rings. The van der Waals surface area contributed by atoms with E-state index in [1.807, 2.05) is 24.3 Å². The van der Waals surface area contributed by atoms with Crippen LogP contribution in [0, 0.1) is 0 Å². The minimum atomic E-state index is 0.108. The van der Waals surface area contributed by atoms with Crippen molar-refractivity contribution < 1.29 is 4.79 Å². The highest BCUT2D eigenvalue weighted by Gasteiger charge is 2.15. The molecule has 92 valence electrons. The van der Waals surface area contributed by atoms with Crippen LogP contribution in [0.1, 0.15) is 18.4 Å². The van der Waals surface area contributed by atoms with Crippen LogP contribution in [0.5, 0.6) is 0 Å². The second-order valence-corrected chi connectivity index (χ2v) is 5.33. The van der Waals surface area contributed by atoms with Crippen molar-refractivity contribution in [1.82, 2.24) is 10.6 Å². The lowest BCUT2D eigenvalue weighted by Crippen LogP contribution is -2.46. The van der Waals surface area contributed by atoms with Crippen molar-refractivity contribution in [2.75, 3.05) is 13.1 Å². The molecular formula is C13H17BrN2O. The number of piperidine rings is 1. The topological polar surface area (TPSA) is 41.1 Å². The molecule has 1 fully saturated rings. The summed E-state index contributed by atoms with van der Waals surface area (Å²) < 4.78 is 1.02. The Hall–Kier alpha value is -0.870. The van der Waals surface area contributed by atoms with Crippen molar-refractivity contribution in [3.8, 4) is 0 Å². The number of nitrogens with one attached hydrogen (secondary N) is 2. The molecule has 0 radical (unpaired) electrons. The van der Waals surface area contributed by atoms with Gasteiger partial charge in [0.05, 0.1) is 6.42 Å². The van der Waals surface area contributed by atoms with E-state index < -0.39 is 0 Å². The van der Waals surface area contributed by atoms with Crippen LogP contribution in [0.2, 0.25) is 0 Å². The van der Waals surface area contributed by atoms with Crippen LogP contribution in [-0.4, -0.2) is 25.0 Å². The predicted molar refractivity (Wildman–Crippen MR) is 71.9 cm³/mol. The average molecular weight is 297 g/mol. The van der Waals surface area contributed by atoms with Gasteiger partial charge in [0, 0.05) is 17.1 Å². The lowest BCUT2D eigenvalue weighted by molar-refractivity contribution is -0.121. The second kappa shape index (κ2) is 6.17. The summed E-state index contributed by atoms with van der Waals surface area (Å²) in [5, 5.41) is 6.36. The van der Waals surface area contributed by atoms with Gasteiger partial charge in [0.25, 0.3) is 0 Å². The molecule has 1 saturated heterocycles. The van der Waals surface area contributed by atoms with Gasteiger partial charge < -0.3 is 10.6 Å². The summed E-state index contributed by atoms with van der Waals surface area (Å²) in [6.45, 7) is 1.96. The lowest BCUT2D eigenvalue weighted by Gasteiger charge is -2.23. The monoisotopic (exact) mass is 296 g/mol. The second-order valence-electron chi connectivity index (χ2n) is 4.42. The summed E-state index contributed by atoms with van der Waals surface area (Å²) in [5.41, 5.74) is 1.04. The van der Waals surface area contributed by atoms with Crippen molar-refractivity contribution in [3.05, 3.63) is 34.3 Å². The van der Waals surface area contributed by atoms with Crippen LogP contribution < -0.4 is 10.6 Å². The number of hydrogen-bond donors (Lipinski definition) is 2. The molecule has 0 aliphatic carbocycles. The molecule has 4 heteroatoms. The molecule has 2 N–H and O–H groups in total. The molecule has 3 nitrogen and oxygen atoms in total. The van der Waals surface area contributed by atoms with E-state index in [-0.39, 0.29) is 5.91 Å². The van der Waals surface area contributed by atoms with E-state index in [1.165, 1.54) is 0 Å². The maximum absolute atomic E-state index is 11.8. The van der Waals surface area contributed by atoms with E-state index in [2.05, 4.69) is 26.6 Å². The molecule has 17 heavy (non-hydrogen) atoms. The van der Waals surface area contributed by atoms with Gasteiger partial charge in [0.2, 0.25) is 5.91 Å². The number of benzene rings is 1. The van der Waals surface area contributed by atoms with Crippen molar-refractivity contribution in [1.29, 1.82) is 0 Å². The first-order valence-electron chi connectivity index (χ1n) is 5.98. The third kappa shape index (κ3) is 4.13. The van der Waals surface area contributed by atoms with E-state index in [1.54, 1.807) is 0 Å². The summed E-state index contributed by atoms with van der Waals surface area (Å²) >= 11 is 3.41. The fraction of sp³-hybridized carbons (Fsp3) is 0.462. The molecule has 0 saturated carbocycles. The molecule has 2 rings (SSSR count). The van der Waals surface area contributed by atoms with Crippen molar-refractivity contribution in [2.45, 2.75) is 25.3 Å². The van der Waals surface area contributed by atoms with Gasteiger partial charge in [-0.25, -0.2) is 0 Å². The van der Waals surface area contributed by atoms with Gasteiger partial charge in [-0.2, -0.15) is 0 Å². The van der Waals surface area contributed by atoms with Gasteiger partial charge in [-0.15, -0.1) is 0 Å². The van der Waals surface area contributed by atoms with Crippen LogP contribution >= 0.6 is 15.9 Å². The van der Waals surface area contributed by atoms with E-state index in [0.29, 0.717) is 12.5 Å². The smallest absolute Gasteiger partial charge is 0.224 e. The van der Waals surface area contributed by atoms with Crippen LogP contribution in [0.3, 0.4) is 0 Å². The zero-order valence-corrected chi connectivity index (χ0v) is 11.3. The first-order chi connectivity index (χ1) is 8.24. The zero-order chi connectivity index (χ0) is 12.1. The maximum Gasteiger partial charge on any atom is 0.224 e.